The van der Waals surface area contributed by atoms with Gasteiger partial charge in [-0.05, 0) is 18.4 Å². The van der Waals surface area contributed by atoms with Gasteiger partial charge in [0.2, 0.25) is 5.95 Å². The molecular weight excluding hydrogens is 289 g/mol. The molecule has 0 radical (unpaired) electrons. The Kier molecular flexibility index (Phi) is 3.85. The van der Waals surface area contributed by atoms with E-state index < -0.39 is 11.9 Å². The monoisotopic (exact) mass is 302 g/mol. The van der Waals surface area contributed by atoms with Gasteiger partial charge >= 0.3 is 6.18 Å². The van der Waals surface area contributed by atoms with E-state index in [9.17, 15) is 13.2 Å². The van der Waals surface area contributed by atoms with Crippen molar-refractivity contribution in [1.29, 1.82) is 0 Å². The van der Waals surface area contributed by atoms with Crippen LogP contribution < -0.4 is 10.6 Å². The minimum Gasteiger partial charge on any atom is -0.368 e. The Morgan fingerprint density at radius 1 is 1.35 bits per heavy atom. The minimum atomic E-state index is -4.54. The van der Waals surface area contributed by atoms with Gasteiger partial charge in [-0.2, -0.15) is 18.2 Å². The summed E-state index contributed by atoms with van der Waals surface area (Å²) in [7, 11) is 1.67. The second-order valence-electron chi connectivity index (χ2n) is 4.27. The Hall–Kier alpha value is -1.83. The second-order valence-corrected chi connectivity index (χ2v) is 5.25. The Morgan fingerprint density at radius 3 is 2.60 bits per heavy atom. The maximum atomic E-state index is 12.7. The smallest absolute Gasteiger partial charge is 0.368 e. The standard InChI is InChI=1S/C12H13F3N4S/c1-7(8-4-3-5-20-8)19(2)10-6-9(12(13,14)15)17-11(16)18-10/h3-7H,1-2H3,(H2,16,17,18). The quantitative estimate of drug-likeness (QED) is 0.945. The number of halogens is 3. The highest BCUT2D eigenvalue weighted by Gasteiger charge is 2.34. The molecule has 2 aromatic rings. The molecule has 0 saturated heterocycles. The fraction of sp³-hybridized carbons (Fsp3) is 0.333. The number of aromatic nitrogens is 2. The van der Waals surface area contributed by atoms with Crippen molar-refractivity contribution >= 4 is 23.1 Å². The van der Waals surface area contributed by atoms with Crippen LogP contribution in [0.2, 0.25) is 0 Å². The molecule has 0 aliphatic rings. The van der Waals surface area contributed by atoms with Crippen molar-refractivity contribution in [2.24, 2.45) is 0 Å². The first-order chi connectivity index (χ1) is 9.29. The van der Waals surface area contributed by atoms with Gasteiger partial charge < -0.3 is 10.6 Å². The number of rotatable bonds is 3. The summed E-state index contributed by atoms with van der Waals surface area (Å²) in [6, 6.07) is 4.60. The molecule has 0 spiro atoms. The second kappa shape index (κ2) is 5.28. The van der Waals surface area contributed by atoms with Gasteiger partial charge in [-0.25, -0.2) is 4.98 Å². The van der Waals surface area contributed by atoms with Gasteiger partial charge in [-0.3, -0.25) is 0 Å². The van der Waals surface area contributed by atoms with Gasteiger partial charge in [0, 0.05) is 18.0 Å². The van der Waals surface area contributed by atoms with E-state index in [1.165, 1.54) is 11.3 Å². The van der Waals surface area contributed by atoms with E-state index >= 15 is 0 Å². The highest BCUT2D eigenvalue weighted by Crippen LogP contribution is 2.32. The number of hydrogen-bond acceptors (Lipinski definition) is 5. The zero-order valence-electron chi connectivity index (χ0n) is 10.8. The highest BCUT2D eigenvalue weighted by atomic mass is 32.1. The van der Waals surface area contributed by atoms with Crippen molar-refractivity contribution in [3.8, 4) is 0 Å². The molecule has 0 aliphatic heterocycles. The first-order valence-corrected chi connectivity index (χ1v) is 6.65. The molecule has 4 nitrogen and oxygen atoms in total. The average molecular weight is 302 g/mol. The lowest BCUT2D eigenvalue weighted by atomic mass is 10.2. The summed E-state index contributed by atoms with van der Waals surface area (Å²) in [5.74, 6) is -0.245. The molecule has 20 heavy (non-hydrogen) atoms. The van der Waals surface area contributed by atoms with Crippen LogP contribution in [0.4, 0.5) is 24.9 Å². The van der Waals surface area contributed by atoms with E-state index in [4.69, 9.17) is 5.73 Å². The average Bonchev–Trinajstić information content (AvgIpc) is 2.89. The summed E-state index contributed by atoms with van der Waals surface area (Å²) in [6.45, 7) is 1.89. The normalized spacial score (nSPS) is 13.2. The van der Waals surface area contributed by atoms with Gasteiger partial charge in [0.15, 0.2) is 5.69 Å². The van der Waals surface area contributed by atoms with Crippen LogP contribution in [0.15, 0.2) is 23.6 Å². The molecule has 1 atom stereocenters. The largest absolute Gasteiger partial charge is 0.433 e. The van der Waals surface area contributed by atoms with Gasteiger partial charge in [0.25, 0.3) is 0 Å². The summed E-state index contributed by atoms with van der Waals surface area (Å²) in [5, 5.41) is 1.91. The molecule has 2 rings (SSSR count). The number of nitrogen functional groups attached to an aromatic ring is 1. The molecule has 1 unspecified atom stereocenters. The molecule has 0 aromatic carbocycles. The third-order valence-corrected chi connectivity index (χ3v) is 3.96. The maximum absolute atomic E-state index is 12.7. The van der Waals surface area contributed by atoms with Crippen LogP contribution in [0.1, 0.15) is 23.5 Å². The maximum Gasteiger partial charge on any atom is 0.433 e. The SMILES string of the molecule is CC(c1cccs1)N(C)c1cc(C(F)(F)F)nc(N)n1. The molecule has 108 valence electrons. The Bertz CT molecular complexity index is 583. The van der Waals surface area contributed by atoms with Gasteiger partial charge in [-0.1, -0.05) is 6.07 Å². The number of anilines is 2. The number of nitrogens with two attached hydrogens (primary N) is 1. The highest BCUT2D eigenvalue weighted by molar-refractivity contribution is 7.10. The third-order valence-electron chi connectivity index (χ3n) is 2.92. The summed E-state index contributed by atoms with van der Waals surface area (Å²) in [4.78, 5) is 9.77. The Morgan fingerprint density at radius 2 is 2.05 bits per heavy atom. The number of alkyl halides is 3. The van der Waals surface area contributed by atoms with Crippen molar-refractivity contribution in [1.82, 2.24) is 9.97 Å². The predicted octanol–water partition coefficient (Wildman–Crippen LogP) is 3.34. The van der Waals surface area contributed by atoms with E-state index in [0.717, 1.165) is 10.9 Å². The zero-order chi connectivity index (χ0) is 14.9. The molecule has 0 saturated carbocycles. The van der Waals surface area contributed by atoms with Crippen LogP contribution in [0, 0.1) is 0 Å². The molecule has 2 N–H and O–H groups in total. The van der Waals surface area contributed by atoms with E-state index in [-0.39, 0.29) is 17.8 Å². The fourth-order valence-electron chi connectivity index (χ4n) is 1.70. The van der Waals surface area contributed by atoms with Crippen LogP contribution in [0.25, 0.3) is 0 Å². The first-order valence-electron chi connectivity index (χ1n) is 5.77. The van der Waals surface area contributed by atoms with Crippen LogP contribution in [-0.2, 0) is 6.18 Å². The molecule has 0 aliphatic carbocycles. The molecule has 8 heteroatoms. The first kappa shape index (κ1) is 14.6. The molecule has 2 heterocycles. The molecule has 2 aromatic heterocycles. The lowest BCUT2D eigenvalue weighted by molar-refractivity contribution is -0.141. The van der Waals surface area contributed by atoms with Crippen LogP contribution in [0.5, 0.6) is 0 Å². The summed E-state index contributed by atoms with van der Waals surface area (Å²) in [6.07, 6.45) is -4.54. The van der Waals surface area contributed by atoms with Gasteiger partial charge in [0.1, 0.15) is 5.82 Å². The van der Waals surface area contributed by atoms with Crippen molar-refractivity contribution in [2.45, 2.75) is 19.1 Å². The van der Waals surface area contributed by atoms with E-state index in [0.29, 0.717) is 0 Å². The van der Waals surface area contributed by atoms with Crippen molar-refractivity contribution < 1.29 is 13.2 Å². The lowest BCUT2D eigenvalue weighted by Crippen LogP contribution is -2.23. The van der Waals surface area contributed by atoms with E-state index in [1.54, 1.807) is 11.9 Å². The molecule has 0 bridgehead atoms. The van der Waals surface area contributed by atoms with E-state index in [1.807, 2.05) is 24.4 Å². The number of nitrogens with zero attached hydrogens (tertiary/aromatic N) is 3. The van der Waals surface area contributed by atoms with Crippen molar-refractivity contribution in [2.75, 3.05) is 17.7 Å². The van der Waals surface area contributed by atoms with Crippen LogP contribution >= 0.6 is 11.3 Å². The zero-order valence-corrected chi connectivity index (χ0v) is 11.7. The van der Waals surface area contributed by atoms with Crippen LogP contribution in [-0.4, -0.2) is 17.0 Å². The van der Waals surface area contributed by atoms with Crippen LogP contribution in [0.3, 0.4) is 0 Å². The topological polar surface area (TPSA) is 55.0 Å². The van der Waals surface area contributed by atoms with E-state index in [2.05, 4.69) is 9.97 Å². The minimum absolute atomic E-state index is 0.106. The number of hydrogen-bond donors (Lipinski definition) is 1. The molecular formula is C12H13F3N4S. The Labute approximate surface area is 118 Å². The predicted molar refractivity (Wildman–Crippen MR) is 72.6 cm³/mol. The third kappa shape index (κ3) is 3.01. The molecule has 0 amide bonds. The summed E-state index contributed by atoms with van der Waals surface area (Å²) >= 11 is 1.53. The van der Waals surface area contributed by atoms with Gasteiger partial charge in [0.05, 0.1) is 6.04 Å². The van der Waals surface area contributed by atoms with Crippen molar-refractivity contribution in [3.05, 3.63) is 34.2 Å². The molecule has 0 fully saturated rings. The fourth-order valence-corrected chi connectivity index (χ4v) is 2.52. The number of thiophene rings is 1. The Balaban J connectivity index is 2.35. The summed E-state index contributed by atoms with van der Waals surface area (Å²) in [5.41, 5.74) is 4.33. The van der Waals surface area contributed by atoms with Crippen molar-refractivity contribution in [3.63, 3.8) is 0 Å². The lowest BCUT2D eigenvalue weighted by Gasteiger charge is -2.25. The van der Waals surface area contributed by atoms with Gasteiger partial charge in [-0.15, -0.1) is 11.3 Å². The summed E-state index contributed by atoms with van der Waals surface area (Å²) < 4.78 is 38.2.